The number of aryl methyl sites for hydroxylation is 1. The molecule has 0 unspecified atom stereocenters. The standard InChI is InChI=1S/C22H33N7O.HI/c1-4-23-22(24-12-8-9-13-26(2)19-10-6-5-7-11-19)28-14-15-29(21(30)18-28)20-16-25-27(3)17-20;/h5-7,10-11,16-17H,4,8-9,12-15,18H2,1-3H3,(H,23,24);1H. The number of halogens is 1. The Hall–Kier alpha value is -2.30. The molecule has 31 heavy (non-hydrogen) atoms. The zero-order valence-electron chi connectivity index (χ0n) is 18.7. The molecule has 8 nitrogen and oxygen atoms in total. The van der Waals surface area contributed by atoms with Crippen LogP contribution in [0.4, 0.5) is 11.4 Å². The first-order valence-corrected chi connectivity index (χ1v) is 10.7. The van der Waals surface area contributed by atoms with Gasteiger partial charge in [0, 0.05) is 58.7 Å². The van der Waals surface area contributed by atoms with Crippen LogP contribution in [0.2, 0.25) is 0 Å². The van der Waals surface area contributed by atoms with Gasteiger partial charge in [-0.15, -0.1) is 24.0 Å². The number of carbonyl (C=O) groups is 1. The Morgan fingerprint density at radius 1 is 1.23 bits per heavy atom. The number of para-hydroxylation sites is 1. The van der Waals surface area contributed by atoms with Crippen molar-refractivity contribution in [1.82, 2.24) is 20.0 Å². The number of rotatable bonds is 8. The minimum absolute atomic E-state index is 0. The zero-order valence-corrected chi connectivity index (χ0v) is 21.0. The highest BCUT2D eigenvalue weighted by molar-refractivity contribution is 14.0. The summed E-state index contributed by atoms with van der Waals surface area (Å²) in [5, 5.41) is 7.50. The van der Waals surface area contributed by atoms with E-state index in [2.05, 4.69) is 58.5 Å². The summed E-state index contributed by atoms with van der Waals surface area (Å²) in [5.41, 5.74) is 2.09. The highest BCUT2D eigenvalue weighted by Crippen LogP contribution is 2.16. The van der Waals surface area contributed by atoms with E-state index in [1.165, 1.54) is 5.69 Å². The van der Waals surface area contributed by atoms with Gasteiger partial charge in [-0.2, -0.15) is 5.10 Å². The maximum absolute atomic E-state index is 12.7. The summed E-state index contributed by atoms with van der Waals surface area (Å²) in [7, 11) is 3.98. The average Bonchev–Trinajstić information content (AvgIpc) is 3.19. The molecule has 9 heteroatoms. The second kappa shape index (κ2) is 12.5. The fourth-order valence-electron chi connectivity index (χ4n) is 3.56. The lowest BCUT2D eigenvalue weighted by molar-refractivity contribution is -0.120. The molecular weight excluding hydrogens is 505 g/mol. The molecule has 1 aromatic carbocycles. The number of benzene rings is 1. The van der Waals surface area contributed by atoms with Gasteiger partial charge < -0.3 is 20.0 Å². The first-order valence-electron chi connectivity index (χ1n) is 10.7. The van der Waals surface area contributed by atoms with Crippen molar-refractivity contribution in [3.63, 3.8) is 0 Å². The molecule has 1 saturated heterocycles. The Labute approximate surface area is 202 Å². The van der Waals surface area contributed by atoms with Crippen molar-refractivity contribution in [2.45, 2.75) is 19.8 Å². The smallest absolute Gasteiger partial charge is 0.246 e. The first kappa shape index (κ1) is 25.0. The molecule has 0 saturated carbocycles. The number of piperazine rings is 1. The molecule has 2 aromatic rings. The van der Waals surface area contributed by atoms with E-state index in [0.717, 1.165) is 50.7 Å². The van der Waals surface area contributed by atoms with Gasteiger partial charge in [0.1, 0.15) is 6.54 Å². The van der Waals surface area contributed by atoms with Crippen LogP contribution in [0.3, 0.4) is 0 Å². The second-order valence-electron chi connectivity index (χ2n) is 7.54. The van der Waals surface area contributed by atoms with Crippen LogP contribution in [0.1, 0.15) is 19.8 Å². The van der Waals surface area contributed by atoms with Crippen molar-refractivity contribution in [3.05, 3.63) is 42.7 Å². The molecule has 2 heterocycles. The zero-order chi connectivity index (χ0) is 21.3. The van der Waals surface area contributed by atoms with E-state index in [-0.39, 0.29) is 29.9 Å². The average molecular weight is 539 g/mol. The number of aromatic nitrogens is 2. The molecule has 0 atom stereocenters. The maximum Gasteiger partial charge on any atom is 0.246 e. The van der Waals surface area contributed by atoms with Crippen LogP contribution in [0.15, 0.2) is 47.7 Å². The van der Waals surface area contributed by atoms with Crippen LogP contribution < -0.4 is 15.1 Å². The number of hydrogen-bond acceptors (Lipinski definition) is 4. The number of carbonyl (C=O) groups excluding carboxylic acids is 1. The van der Waals surface area contributed by atoms with E-state index in [9.17, 15) is 4.79 Å². The molecule has 0 radical (unpaired) electrons. The molecule has 1 aliphatic heterocycles. The lowest BCUT2D eigenvalue weighted by Crippen LogP contribution is -2.55. The topological polar surface area (TPSA) is 69.0 Å². The molecule has 1 amide bonds. The van der Waals surface area contributed by atoms with Crippen LogP contribution in [-0.4, -0.2) is 72.9 Å². The first-order chi connectivity index (χ1) is 14.6. The van der Waals surface area contributed by atoms with Gasteiger partial charge in [-0.1, -0.05) is 18.2 Å². The normalized spacial score (nSPS) is 14.4. The predicted molar refractivity (Wildman–Crippen MR) is 137 cm³/mol. The Morgan fingerprint density at radius 2 is 2.00 bits per heavy atom. The quantitative estimate of drug-likeness (QED) is 0.242. The summed E-state index contributed by atoms with van der Waals surface area (Å²) in [5.74, 6) is 0.900. The lowest BCUT2D eigenvalue weighted by Gasteiger charge is -2.35. The molecule has 1 aromatic heterocycles. The van der Waals surface area contributed by atoms with Gasteiger partial charge in [0.25, 0.3) is 0 Å². The van der Waals surface area contributed by atoms with Gasteiger partial charge in [-0.25, -0.2) is 0 Å². The molecule has 1 aliphatic rings. The van der Waals surface area contributed by atoms with Gasteiger partial charge in [-0.3, -0.25) is 14.5 Å². The van der Waals surface area contributed by atoms with Crippen molar-refractivity contribution in [3.8, 4) is 0 Å². The summed E-state index contributed by atoms with van der Waals surface area (Å²) < 4.78 is 1.72. The van der Waals surface area contributed by atoms with Crippen LogP contribution in [-0.2, 0) is 11.8 Å². The molecule has 0 spiro atoms. The summed E-state index contributed by atoms with van der Waals surface area (Å²) in [4.78, 5) is 23.6. The van der Waals surface area contributed by atoms with Crippen molar-refractivity contribution in [2.24, 2.45) is 12.0 Å². The van der Waals surface area contributed by atoms with Gasteiger partial charge in [0.05, 0.1) is 11.9 Å². The summed E-state index contributed by atoms with van der Waals surface area (Å²) in [6.45, 7) is 6.31. The minimum Gasteiger partial charge on any atom is -0.375 e. The number of hydrogen-bond donors (Lipinski definition) is 1. The van der Waals surface area contributed by atoms with Gasteiger partial charge in [0.15, 0.2) is 5.96 Å². The fourth-order valence-corrected chi connectivity index (χ4v) is 3.56. The number of unbranched alkanes of at least 4 members (excludes halogenated alkanes) is 1. The van der Waals surface area contributed by atoms with Crippen molar-refractivity contribution in [2.75, 3.05) is 56.1 Å². The molecule has 0 bridgehead atoms. The van der Waals surface area contributed by atoms with Crippen LogP contribution in [0, 0.1) is 0 Å². The molecule has 170 valence electrons. The number of nitrogens with one attached hydrogen (secondary N) is 1. The third-order valence-electron chi connectivity index (χ3n) is 5.22. The SMILES string of the molecule is CCNC(=NCCCCN(C)c1ccccc1)N1CCN(c2cnn(C)c2)C(=O)C1.I. The molecule has 1 fully saturated rings. The molecule has 1 N–H and O–H groups in total. The molecular formula is C22H34IN7O. The second-order valence-corrected chi connectivity index (χ2v) is 7.54. The van der Waals surface area contributed by atoms with E-state index in [4.69, 9.17) is 4.99 Å². The van der Waals surface area contributed by atoms with E-state index in [0.29, 0.717) is 13.1 Å². The number of nitrogens with zero attached hydrogens (tertiary/aromatic N) is 6. The summed E-state index contributed by atoms with van der Waals surface area (Å²) >= 11 is 0. The number of amides is 1. The van der Waals surface area contributed by atoms with Crippen molar-refractivity contribution < 1.29 is 4.79 Å². The highest BCUT2D eigenvalue weighted by Gasteiger charge is 2.27. The number of guanidine groups is 1. The minimum atomic E-state index is 0. The van der Waals surface area contributed by atoms with Crippen LogP contribution in [0.25, 0.3) is 0 Å². The number of anilines is 2. The lowest BCUT2D eigenvalue weighted by atomic mass is 10.2. The fraction of sp³-hybridized carbons (Fsp3) is 0.500. The Kier molecular flexibility index (Phi) is 10.1. The van der Waals surface area contributed by atoms with E-state index >= 15 is 0 Å². The maximum atomic E-state index is 12.7. The monoisotopic (exact) mass is 539 g/mol. The van der Waals surface area contributed by atoms with Crippen LogP contribution in [0.5, 0.6) is 0 Å². The predicted octanol–water partition coefficient (Wildman–Crippen LogP) is 2.57. The Bertz CT molecular complexity index is 839. The Balaban J connectivity index is 0.00000341. The van der Waals surface area contributed by atoms with E-state index < -0.39 is 0 Å². The summed E-state index contributed by atoms with van der Waals surface area (Å²) in [6.07, 6.45) is 5.69. The van der Waals surface area contributed by atoms with E-state index in [1.54, 1.807) is 15.8 Å². The molecule has 0 aliphatic carbocycles. The van der Waals surface area contributed by atoms with Gasteiger partial charge in [0.2, 0.25) is 5.91 Å². The van der Waals surface area contributed by atoms with E-state index in [1.807, 2.05) is 19.3 Å². The Morgan fingerprint density at radius 3 is 2.65 bits per heavy atom. The van der Waals surface area contributed by atoms with Crippen molar-refractivity contribution >= 4 is 47.2 Å². The summed E-state index contributed by atoms with van der Waals surface area (Å²) in [6, 6.07) is 10.4. The third-order valence-corrected chi connectivity index (χ3v) is 5.22. The number of aliphatic imine (C=N–C) groups is 1. The van der Waals surface area contributed by atoms with Gasteiger partial charge >= 0.3 is 0 Å². The van der Waals surface area contributed by atoms with Crippen molar-refractivity contribution in [1.29, 1.82) is 0 Å². The third kappa shape index (κ3) is 7.12. The van der Waals surface area contributed by atoms with Crippen LogP contribution >= 0.6 is 24.0 Å². The molecule has 3 rings (SSSR count). The highest BCUT2D eigenvalue weighted by atomic mass is 127. The van der Waals surface area contributed by atoms with Gasteiger partial charge in [-0.05, 0) is 31.9 Å². The largest absolute Gasteiger partial charge is 0.375 e.